The smallest absolute Gasteiger partial charge is 0.260 e. The van der Waals surface area contributed by atoms with Gasteiger partial charge in [0, 0.05) is 18.3 Å². The van der Waals surface area contributed by atoms with Crippen molar-refractivity contribution in [1.29, 1.82) is 0 Å². The van der Waals surface area contributed by atoms with Crippen LogP contribution < -0.4 is 10.1 Å². The number of amides is 2. The fourth-order valence-corrected chi connectivity index (χ4v) is 2.26. The van der Waals surface area contributed by atoms with Crippen LogP contribution in [0.1, 0.15) is 17.3 Å². The predicted octanol–water partition coefficient (Wildman–Crippen LogP) is 3.07. The van der Waals surface area contributed by atoms with Crippen molar-refractivity contribution in [3.05, 3.63) is 59.7 Å². The van der Waals surface area contributed by atoms with E-state index in [0.29, 0.717) is 11.4 Å². The minimum Gasteiger partial charge on any atom is -0.497 e. The average molecular weight is 348 g/mol. The molecule has 2 aromatic carbocycles. The Bertz CT molecular complexity index is 760. The van der Waals surface area contributed by atoms with Crippen molar-refractivity contribution in [3.8, 4) is 5.75 Å². The molecule has 0 saturated carbocycles. The van der Waals surface area contributed by atoms with Crippen LogP contribution in [0.4, 0.5) is 14.5 Å². The summed E-state index contributed by atoms with van der Waals surface area (Å²) in [6.07, 6.45) is 0. The number of anilines is 1. The van der Waals surface area contributed by atoms with Gasteiger partial charge >= 0.3 is 0 Å². The first-order valence-electron chi connectivity index (χ1n) is 7.63. The number of nitrogens with zero attached hydrogens (tertiary/aromatic N) is 1. The molecule has 0 bridgehead atoms. The Hall–Kier alpha value is -2.96. The molecule has 2 aromatic rings. The molecule has 0 atom stereocenters. The maximum atomic E-state index is 13.8. The first-order valence-corrected chi connectivity index (χ1v) is 7.63. The third-order valence-electron chi connectivity index (χ3n) is 3.53. The van der Waals surface area contributed by atoms with Crippen LogP contribution >= 0.6 is 0 Å². The fraction of sp³-hybridized carbons (Fsp3) is 0.222. The molecule has 0 fully saturated rings. The van der Waals surface area contributed by atoms with Gasteiger partial charge in [0.2, 0.25) is 5.91 Å². The van der Waals surface area contributed by atoms with Gasteiger partial charge in [-0.05, 0) is 31.2 Å². The molecule has 0 aliphatic rings. The van der Waals surface area contributed by atoms with Crippen molar-refractivity contribution in [2.45, 2.75) is 6.92 Å². The van der Waals surface area contributed by atoms with Crippen molar-refractivity contribution >= 4 is 17.5 Å². The number of halogens is 2. The quantitative estimate of drug-likeness (QED) is 0.873. The molecule has 0 saturated heterocycles. The first kappa shape index (κ1) is 18.4. The molecular weight excluding hydrogens is 330 g/mol. The first-order chi connectivity index (χ1) is 12.0. The summed E-state index contributed by atoms with van der Waals surface area (Å²) >= 11 is 0. The van der Waals surface area contributed by atoms with Crippen LogP contribution in [0.2, 0.25) is 0 Å². The van der Waals surface area contributed by atoms with Crippen molar-refractivity contribution in [1.82, 2.24) is 4.90 Å². The van der Waals surface area contributed by atoms with Crippen molar-refractivity contribution in [2.24, 2.45) is 0 Å². The Balaban J connectivity index is 2.10. The van der Waals surface area contributed by atoms with Crippen molar-refractivity contribution in [3.63, 3.8) is 0 Å². The minimum absolute atomic E-state index is 0.123. The normalized spacial score (nSPS) is 10.2. The Morgan fingerprint density at radius 2 is 1.76 bits per heavy atom. The molecule has 0 heterocycles. The van der Waals surface area contributed by atoms with Crippen LogP contribution in [0.15, 0.2) is 42.5 Å². The number of hydrogen-bond donors (Lipinski definition) is 1. The summed E-state index contributed by atoms with van der Waals surface area (Å²) in [7, 11) is 1.50. The monoisotopic (exact) mass is 348 g/mol. The summed E-state index contributed by atoms with van der Waals surface area (Å²) in [5, 5.41) is 2.62. The summed E-state index contributed by atoms with van der Waals surface area (Å²) in [6.45, 7) is 1.41. The average Bonchev–Trinajstić information content (AvgIpc) is 2.59. The van der Waals surface area contributed by atoms with Gasteiger partial charge in [-0.15, -0.1) is 0 Å². The Morgan fingerprint density at radius 3 is 2.36 bits per heavy atom. The molecular formula is C18H18F2N2O3. The fourth-order valence-electron chi connectivity index (χ4n) is 2.26. The maximum absolute atomic E-state index is 13.8. The third-order valence-corrected chi connectivity index (χ3v) is 3.53. The van der Waals surface area contributed by atoms with Gasteiger partial charge in [0.25, 0.3) is 5.91 Å². The van der Waals surface area contributed by atoms with Gasteiger partial charge in [0.1, 0.15) is 29.5 Å². The lowest BCUT2D eigenvalue weighted by Crippen LogP contribution is -2.38. The number of hydrogen-bond acceptors (Lipinski definition) is 3. The zero-order valence-electron chi connectivity index (χ0n) is 13.9. The number of benzene rings is 2. The molecule has 2 rings (SSSR count). The number of rotatable bonds is 6. The number of methoxy groups -OCH3 is 1. The van der Waals surface area contributed by atoms with E-state index in [1.165, 1.54) is 13.2 Å². The summed E-state index contributed by atoms with van der Waals surface area (Å²) in [4.78, 5) is 25.6. The lowest BCUT2D eigenvalue weighted by atomic mass is 10.1. The maximum Gasteiger partial charge on any atom is 0.260 e. The van der Waals surface area contributed by atoms with Gasteiger partial charge < -0.3 is 15.0 Å². The second-order valence-electron chi connectivity index (χ2n) is 5.20. The molecule has 5 nitrogen and oxygen atoms in total. The second kappa shape index (κ2) is 8.23. The highest BCUT2D eigenvalue weighted by Crippen LogP contribution is 2.17. The summed E-state index contributed by atoms with van der Waals surface area (Å²) in [5.74, 6) is -2.72. The number of ether oxygens (including phenoxy) is 1. The van der Waals surface area contributed by atoms with Crippen LogP contribution in [-0.4, -0.2) is 36.9 Å². The molecule has 0 aliphatic heterocycles. The molecule has 2 amide bonds. The molecule has 0 spiro atoms. The van der Waals surface area contributed by atoms with Gasteiger partial charge in [-0.25, -0.2) is 8.78 Å². The summed E-state index contributed by atoms with van der Waals surface area (Å²) in [6, 6.07) is 9.88. The van der Waals surface area contributed by atoms with Gasteiger partial charge in [-0.2, -0.15) is 0 Å². The molecule has 0 aliphatic carbocycles. The summed E-state index contributed by atoms with van der Waals surface area (Å²) in [5.41, 5.74) is -0.177. The van der Waals surface area contributed by atoms with E-state index in [1.807, 2.05) is 0 Å². The van der Waals surface area contributed by atoms with E-state index in [0.717, 1.165) is 17.0 Å². The number of carbonyl (C=O) groups is 2. The van der Waals surface area contributed by atoms with E-state index in [1.54, 1.807) is 31.2 Å². The van der Waals surface area contributed by atoms with Crippen molar-refractivity contribution < 1.29 is 23.1 Å². The van der Waals surface area contributed by atoms with Gasteiger partial charge in [-0.1, -0.05) is 12.1 Å². The molecule has 0 unspecified atom stereocenters. The van der Waals surface area contributed by atoms with Crippen LogP contribution in [0.3, 0.4) is 0 Å². The van der Waals surface area contributed by atoms with Crippen LogP contribution in [0.25, 0.3) is 0 Å². The zero-order chi connectivity index (χ0) is 18.4. The Kier molecular flexibility index (Phi) is 6.05. The number of nitrogens with one attached hydrogen (secondary N) is 1. The lowest BCUT2D eigenvalue weighted by Gasteiger charge is -2.21. The molecule has 132 valence electrons. The highest BCUT2D eigenvalue weighted by atomic mass is 19.1. The largest absolute Gasteiger partial charge is 0.497 e. The van der Waals surface area contributed by atoms with Gasteiger partial charge in [-0.3, -0.25) is 9.59 Å². The number of likely N-dealkylation sites (N-methyl/N-ethyl adjacent to an activating group) is 1. The molecule has 1 N–H and O–H groups in total. The lowest BCUT2D eigenvalue weighted by molar-refractivity contribution is -0.116. The van der Waals surface area contributed by atoms with Gasteiger partial charge in [0.15, 0.2) is 0 Å². The Labute approximate surface area is 144 Å². The Morgan fingerprint density at radius 1 is 1.12 bits per heavy atom. The standard InChI is InChI=1S/C18H18F2N2O3/c1-3-22(18(24)17-14(19)8-5-9-15(17)20)11-16(23)21-12-6-4-7-13(10-12)25-2/h4-10H,3,11H2,1-2H3,(H,21,23). The highest BCUT2D eigenvalue weighted by Gasteiger charge is 2.23. The third kappa shape index (κ3) is 4.53. The van der Waals surface area contributed by atoms with Crippen LogP contribution in [0, 0.1) is 11.6 Å². The minimum atomic E-state index is -0.961. The SMILES string of the molecule is CCN(CC(=O)Nc1cccc(OC)c1)C(=O)c1c(F)cccc1F. The zero-order valence-corrected chi connectivity index (χ0v) is 13.9. The predicted molar refractivity (Wildman–Crippen MR) is 89.6 cm³/mol. The van der Waals surface area contributed by atoms with Crippen molar-refractivity contribution in [2.75, 3.05) is 25.5 Å². The molecule has 25 heavy (non-hydrogen) atoms. The molecule has 7 heteroatoms. The van der Waals surface area contributed by atoms with Crippen LogP contribution in [0.5, 0.6) is 5.75 Å². The van der Waals surface area contributed by atoms with E-state index in [9.17, 15) is 18.4 Å². The topological polar surface area (TPSA) is 58.6 Å². The van der Waals surface area contributed by atoms with Crippen LogP contribution in [-0.2, 0) is 4.79 Å². The van der Waals surface area contributed by atoms with E-state index < -0.39 is 29.0 Å². The summed E-state index contributed by atoms with van der Waals surface area (Å²) < 4.78 is 32.6. The van der Waals surface area contributed by atoms with E-state index in [2.05, 4.69) is 5.32 Å². The van der Waals surface area contributed by atoms with E-state index >= 15 is 0 Å². The highest BCUT2D eigenvalue weighted by molar-refractivity contribution is 5.99. The van der Waals surface area contributed by atoms with E-state index in [-0.39, 0.29) is 13.1 Å². The second-order valence-corrected chi connectivity index (χ2v) is 5.20. The van der Waals surface area contributed by atoms with Gasteiger partial charge in [0.05, 0.1) is 7.11 Å². The molecule has 0 radical (unpaired) electrons. The molecule has 0 aromatic heterocycles. The van der Waals surface area contributed by atoms with E-state index in [4.69, 9.17) is 4.74 Å². The number of carbonyl (C=O) groups excluding carboxylic acids is 2.